The number of morpholine rings is 1. The number of ether oxygens (including phenoxy) is 3. The van der Waals surface area contributed by atoms with Crippen molar-refractivity contribution < 1.29 is 14.2 Å². The van der Waals surface area contributed by atoms with Gasteiger partial charge in [-0.3, -0.25) is 4.79 Å². The molecule has 3 aromatic rings. The highest BCUT2D eigenvalue weighted by molar-refractivity contribution is 5.81. The molecule has 0 saturated carbocycles. The van der Waals surface area contributed by atoms with E-state index in [-0.39, 0.29) is 11.7 Å². The monoisotopic (exact) mass is 437 g/mol. The molecule has 7 heteroatoms. The van der Waals surface area contributed by atoms with E-state index in [1.54, 1.807) is 4.57 Å². The highest BCUT2D eigenvalue weighted by atomic mass is 16.5. The summed E-state index contributed by atoms with van der Waals surface area (Å²) >= 11 is 0. The first-order valence-electron chi connectivity index (χ1n) is 11.2. The maximum absolute atomic E-state index is 13.3. The molecule has 0 amide bonds. The van der Waals surface area contributed by atoms with Gasteiger partial charge in [-0.2, -0.15) is 0 Å². The van der Waals surface area contributed by atoms with Crippen LogP contribution in [-0.2, 0) is 22.6 Å². The summed E-state index contributed by atoms with van der Waals surface area (Å²) in [6.07, 6.45) is 0.127. The first kappa shape index (κ1) is 22.5. The number of fused-ring (bicyclic) bond motifs is 1. The Labute approximate surface area is 188 Å². The lowest BCUT2D eigenvalue weighted by atomic mass is 10.1. The van der Waals surface area contributed by atoms with Crippen molar-refractivity contribution in [3.05, 3.63) is 70.5 Å². The number of nitrogens with zero attached hydrogens (tertiary/aromatic N) is 1. The van der Waals surface area contributed by atoms with Crippen LogP contribution < -0.4 is 20.9 Å². The third kappa shape index (κ3) is 5.75. The van der Waals surface area contributed by atoms with Gasteiger partial charge in [0, 0.05) is 51.0 Å². The zero-order chi connectivity index (χ0) is 22.2. The molecule has 1 fully saturated rings. The zero-order valence-corrected chi connectivity index (χ0v) is 18.5. The molecule has 1 atom stereocenters. The molecule has 2 aromatic carbocycles. The van der Waals surface area contributed by atoms with E-state index in [0.717, 1.165) is 41.9 Å². The second kappa shape index (κ2) is 11.2. The summed E-state index contributed by atoms with van der Waals surface area (Å²) in [5, 5.41) is 7.70. The van der Waals surface area contributed by atoms with Crippen LogP contribution in [0, 0.1) is 0 Å². The lowest BCUT2D eigenvalue weighted by molar-refractivity contribution is 0.0290. The van der Waals surface area contributed by atoms with Crippen molar-refractivity contribution >= 4 is 10.9 Å². The lowest BCUT2D eigenvalue weighted by Crippen LogP contribution is -2.44. The quantitative estimate of drug-likeness (QED) is 0.475. The number of nitrogens with one attached hydrogen (secondary N) is 2. The fraction of sp³-hybridized carbons (Fsp3) is 0.400. The Balaban J connectivity index is 1.57. The standard InChI is InChI=1S/C25H31N3O4/c1-2-30-13-11-28-24-15-22(32-21-6-4-3-5-7-21)9-8-19(24)14-20(25(28)29)16-27-18-23-17-26-10-12-31-23/h3-9,14-15,23,26-27H,2,10-13,16-18H2,1H3. The van der Waals surface area contributed by atoms with Gasteiger partial charge in [0.05, 0.1) is 24.8 Å². The molecule has 2 N–H and O–H groups in total. The Bertz CT molecular complexity index is 1060. The Morgan fingerprint density at radius 1 is 1.16 bits per heavy atom. The molecule has 1 aliphatic heterocycles. The van der Waals surface area contributed by atoms with Gasteiger partial charge < -0.3 is 29.4 Å². The predicted molar refractivity (Wildman–Crippen MR) is 126 cm³/mol. The maximum Gasteiger partial charge on any atom is 0.255 e. The van der Waals surface area contributed by atoms with Gasteiger partial charge in [0.2, 0.25) is 0 Å². The van der Waals surface area contributed by atoms with Crippen molar-refractivity contribution in [1.29, 1.82) is 0 Å². The third-order valence-corrected chi connectivity index (χ3v) is 5.48. The highest BCUT2D eigenvalue weighted by Gasteiger charge is 2.14. The minimum atomic E-state index is -0.00995. The molecule has 0 bridgehead atoms. The van der Waals surface area contributed by atoms with Crippen molar-refractivity contribution in [1.82, 2.24) is 15.2 Å². The number of rotatable bonds is 10. The van der Waals surface area contributed by atoms with Crippen LogP contribution in [0.15, 0.2) is 59.4 Å². The van der Waals surface area contributed by atoms with E-state index >= 15 is 0 Å². The van der Waals surface area contributed by atoms with Crippen molar-refractivity contribution in [3.8, 4) is 11.5 Å². The summed E-state index contributed by atoms with van der Waals surface area (Å²) in [5.74, 6) is 1.45. The maximum atomic E-state index is 13.3. The largest absolute Gasteiger partial charge is 0.457 e. The van der Waals surface area contributed by atoms with Crippen LogP contribution in [0.5, 0.6) is 11.5 Å². The molecule has 0 spiro atoms. The molecule has 1 aliphatic rings. The van der Waals surface area contributed by atoms with E-state index in [9.17, 15) is 4.79 Å². The minimum Gasteiger partial charge on any atom is -0.457 e. The van der Waals surface area contributed by atoms with Crippen molar-refractivity contribution in [2.24, 2.45) is 0 Å². The smallest absolute Gasteiger partial charge is 0.255 e. The Morgan fingerprint density at radius 3 is 2.81 bits per heavy atom. The summed E-state index contributed by atoms with van der Waals surface area (Å²) in [6.45, 7) is 7.17. The van der Waals surface area contributed by atoms with Crippen LogP contribution >= 0.6 is 0 Å². The van der Waals surface area contributed by atoms with Gasteiger partial charge in [-0.1, -0.05) is 18.2 Å². The van der Waals surface area contributed by atoms with Gasteiger partial charge in [-0.15, -0.1) is 0 Å². The van der Waals surface area contributed by atoms with Crippen molar-refractivity contribution in [3.63, 3.8) is 0 Å². The SMILES string of the molecule is CCOCCn1c(=O)c(CNCC2CNCCO2)cc2ccc(Oc3ccccc3)cc21. The normalized spacial score (nSPS) is 16.3. The minimum absolute atomic E-state index is 0.00995. The molecule has 0 radical (unpaired) electrons. The molecule has 0 aliphatic carbocycles. The van der Waals surface area contributed by atoms with E-state index in [0.29, 0.717) is 38.6 Å². The molecular formula is C25H31N3O4. The summed E-state index contributed by atoms with van der Waals surface area (Å²) in [6, 6.07) is 17.5. The number of hydrogen-bond acceptors (Lipinski definition) is 6. The van der Waals surface area contributed by atoms with E-state index in [1.807, 2.05) is 61.5 Å². The molecule has 1 saturated heterocycles. The molecule has 1 unspecified atom stereocenters. The summed E-state index contributed by atoms with van der Waals surface area (Å²) in [4.78, 5) is 13.3. The topological polar surface area (TPSA) is 73.8 Å². The fourth-order valence-electron chi connectivity index (χ4n) is 3.87. The number of hydrogen-bond donors (Lipinski definition) is 2. The van der Waals surface area contributed by atoms with Crippen LogP contribution in [0.4, 0.5) is 0 Å². The predicted octanol–water partition coefficient (Wildman–Crippen LogP) is 2.91. The number of pyridine rings is 1. The van der Waals surface area contributed by atoms with Crippen LogP contribution in [0.1, 0.15) is 12.5 Å². The fourth-order valence-corrected chi connectivity index (χ4v) is 3.87. The summed E-state index contributed by atoms with van der Waals surface area (Å²) in [5.41, 5.74) is 1.56. The molecular weight excluding hydrogens is 406 g/mol. The molecule has 170 valence electrons. The van der Waals surface area contributed by atoms with E-state index < -0.39 is 0 Å². The van der Waals surface area contributed by atoms with Crippen LogP contribution in [-0.4, -0.2) is 50.1 Å². The van der Waals surface area contributed by atoms with Gasteiger partial charge >= 0.3 is 0 Å². The number of benzene rings is 2. The first-order chi connectivity index (χ1) is 15.7. The molecule has 2 heterocycles. The summed E-state index contributed by atoms with van der Waals surface area (Å²) in [7, 11) is 0. The second-order valence-electron chi connectivity index (χ2n) is 7.79. The van der Waals surface area contributed by atoms with Crippen LogP contribution in [0.2, 0.25) is 0 Å². The first-order valence-corrected chi connectivity index (χ1v) is 11.2. The lowest BCUT2D eigenvalue weighted by Gasteiger charge is -2.24. The van der Waals surface area contributed by atoms with Gasteiger partial charge in [-0.05, 0) is 42.6 Å². The highest BCUT2D eigenvalue weighted by Crippen LogP contribution is 2.25. The number of aromatic nitrogens is 1. The van der Waals surface area contributed by atoms with E-state index in [1.165, 1.54) is 0 Å². The van der Waals surface area contributed by atoms with Crippen molar-refractivity contribution in [2.75, 3.05) is 39.5 Å². The number of para-hydroxylation sites is 1. The Kier molecular flexibility index (Phi) is 7.90. The molecule has 4 rings (SSSR count). The van der Waals surface area contributed by atoms with E-state index in [2.05, 4.69) is 10.6 Å². The van der Waals surface area contributed by atoms with Crippen LogP contribution in [0.3, 0.4) is 0 Å². The molecule has 1 aromatic heterocycles. The summed E-state index contributed by atoms with van der Waals surface area (Å²) < 4.78 is 19.0. The van der Waals surface area contributed by atoms with Gasteiger partial charge in [0.25, 0.3) is 5.56 Å². The van der Waals surface area contributed by atoms with Gasteiger partial charge in [0.1, 0.15) is 11.5 Å². The molecule has 32 heavy (non-hydrogen) atoms. The van der Waals surface area contributed by atoms with Gasteiger partial charge in [-0.25, -0.2) is 0 Å². The Morgan fingerprint density at radius 2 is 2.03 bits per heavy atom. The van der Waals surface area contributed by atoms with Gasteiger partial charge in [0.15, 0.2) is 0 Å². The van der Waals surface area contributed by atoms with E-state index in [4.69, 9.17) is 14.2 Å². The average molecular weight is 438 g/mol. The van der Waals surface area contributed by atoms with Crippen LogP contribution in [0.25, 0.3) is 10.9 Å². The molecule has 7 nitrogen and oxygen atoms in total. The Hall–Kier alpha value is -2.71. The average Bonchev–Trinajstić information content (AvgIpc) is 2.83. The third-order valence-electron chi connectivity index (χ3n) is 5.48. The zero-order valence-electron chi connectivity index (χ0n) is 18.5. The second-order valence-corrected chi connectivity index (χ2v) is 7.79. The van der Waals surface area contributed by atoms with Crippen molar-refractivity contribution in [2.45, 2.75) is 26.1 Å².